The van der Waals surface area contributed by atoms with Gasteiger partial charge in [0, 0.05) is 31.5 Å². The van der Waals surface area contributed by atoms with Gasteiger partial charge in [0.05, 0.1) is 12.2 Å². The Morgan fingerprint density at radius 3 is 2.61 bits per heavy atom. The van der Waals surface area contributed by atoms with Crippen LogP contribution in [0.15, 0.2) is 30.6 Å². The number of hydrogen-bond acceptors (Lipinski definition) is 6. The Balaban J connectivity index is 1.45. The van der Waals surface area contributed by atoms with Crippen LogP contribution in [0.3, 0.4) is 0 Å². The SMILES string of the molecule is COCCNc1cc(OC2CCC(NC(=O)Nc3ccc(C)c(C(F)(F)F)c3)CC2)ncn1. The molecule has 3 rings (SSSR count). The molecule has 180 valence electrons. The summed E-state index contributed by atoms with van der Waals surface area (Å²) >= 11 is 0. The molecule has 1 aliphatic carbocycles. The van der Waals surface area contributed by atoms with E-state index in [1.165, 1.54) is 25.4 Å². The van der Waals surface area contributed by atoms with Crippen molar-refractivity contribution in [1.29, 1.82) is 0 Å². The summed E-state index contributed by atoms with van der Waals surface area (Å²) in [5.41, 5.74) is -0.561. The number of carbonyl (C=O) groups is 1. The minimum atomic E-state index is -4.47. The maximum Gasteiger partial charge on any atom is 0.416 e. The standard InChI is InChI=1S/C22H28F3N5O3/c1-14-3-4-16(11-18(14)22(23,24)25)30-21(31)29-15-5-7-17(8-6-15)33-20-12-19(27-13-28-20)26-9-10-32-2/h3-4,11-13,15,17H,5-10H2,1-2H3,(H,26,27,28)(H2,29,30,31). The van der Waals surface area contributed by atoms with Crippen LogP contribution in [0, 0.1) is 6.92 Å². The van der Waals surface area contributed by atoms with Gasteiger partial charge in [-0.3, -0.25) is 0 Å². The molecule has 2 amide bonds. The molecule has 1 saturated carbocycles. The summed E-state index contributed by atoms with van der Waals surface area (Å²) in [4.78, 5) is 20.6. The number of nitrogens with one attached hydrogen (secondary N) is 3. The quantitative estimate of drug-likeness (QED) is 0.499. The molecular formula is C22H28F3N5O3. The predicted octanol–water partition coefficient (Wildman–Crippen LogP) is 4.37. The molecule has 11 heteroatoms. The zero-order chi connectivity index (χ0) is 23.8. The van der Waals surface area contributed by atoms with Crippen molar-refractivity contribution in [2.75, 3.05) is 30.9 Å². The van der Waals surface area contributed by atoms with E-state index in [4.69, 9.17) is 9.47 Å². The lowest BCUT2D eigenvalue weighted by Gasteiger charge is -2.29. The summed E-state index contributed by atoms with van der Waals surface area (Å²) in [5, 5.41) is 8.43. The summed E-state index contributed by atoms with van der Waals surface area (Å²) in [6, 6.07) is 4.85. The molecule has 3 N–H and O–H groups in total. The predicted molar refractivity (Wildman–Crippen MR) is 117 cm³/mol. The van der Waals surface area contributed by atoms with E-state index in [1.807, 2.05) is 0 Å². The number of alkyl halides is 3. The number of rotatable bonds is 8. The molecule has 0 spiro atoms. The fourth-order valence-electron chi connectivity index (χ4n) is 3.64. The van der Waals surface area contributed by atoms with Gasteiger partial charge in [0.15, 0.2) is 0 Å². The lowest BCUT2D eigenvalue weighted by Crippen LogP contribution is -2.41. The molecule has 0 radical (unpaired) electrons. The van der Waals surface area contributed by atoms with Crippen LogP contribution in [-0.2, 0) is 10.9 Å². The molecule has 0 unspecified atom stereocenters. The van der Waals surface area contributed by atoms with Crippen LogP contribution in [0.2, 0.25) is 0 Å². The Bertz CT molecular complexity index is 934. The zero-order valence-corrected chi connectivity index (χ0v) is 18.5. The highest BCUT2D eigenvalue weighted by Gasteiger charge is 2.32. The minimum absolute atomic E-state index is 0.0423. The first-order chi connectivity index (χ1) is 15.7. The summed E-state index contributed by atoms with van der Waals surface area (Å²) in [6.45, 7) is 2.55. The Hall–Kier alpha value is -3.08. The summed E-state index contributed by atoms with van der Waals surface area (Å²) in [7, 11) is 1.62. The van der Waals surface area contributed by atoms with E-state index in [-0.39, 0.29) is 23.4 Å². The van der Waals surface area contributed by atoms with Crippen molar-refractivity contribution >= 4 is 17.5 Å². The van der Waals surface area contributed by atoms with Crippen LogP contribution in [0.5, 0.6) is 5.88 Å². The van der Waals surface area contributed by atoms with Gasteiger partial charge in [0.25, 0.3) is 0 Å². The number of aromatic nitrogens is 2. The fraction of sp³-hybridized carbons (Fsp3) is 0.500. The van der Waals surface area contributed by atoms with Gasteiger partial charge in [-0.15, -0.1) is 0 Å². The van der Waals surface area contributed by atoms with Crippen molar-refractivity contribution in [1.82, 2.24) is 15.3 Å². The average molecular weight is 467 g/mol. The number of halogens is 3. The maximum atomic E-state index is 13.1. The van der Waals surface area contributed by atoms with Crippen LogP contribution in [0.25, 0.3) is 0 Å². The average Bonchev–Trinajstić information content (AvgIpc) is 2.76. The molecule has 0 atom stereocenters. The number of methoxy groups -OCH3 is 1. The second kappa shape index (κ2) is 11.2. The van der Waals surface area contributed by atoms with Crippen LogP contribution in [-0.4, -0.2) is 48.4 Å². The van der Waals surface area contributed by atoms with Crippen molar-refractivity contribution in [3.63, 3.8) is 0 Å². The Labute approximate surface area is 190 Å². The molecule has 1 aliphatic rings. The van der Waals surface area contributed by atoms with Crippen molar-refractivity contribution in [2.45, 2.75) is 50.9 Å². The maximum absolute atomic E-state index is 13.1. The van der Waals surface area contributed by atoms with Gasteiger partial charge in [-0.1, -0.05) is 6.07 Å². The number of carbonyl (C=O) groups excluding carboxylic acids is 1. The Kier molecular flexibility index (Phi) is 8.32. The lowest BCUT2D eigenvalue weighted by molar-refractivity contribution is -0.138. The zero-order valence-electron chi connectivity index (χ0n) is 18.5. The molecule has 2 aromatic rings. The second-order valence-electron chi connectivity index (χ2n) is 7.88. The number of anilines is 2. The molecule has 8 nitrogen and oxygen atoms in total. The molecule has 33 heavy (non-hydrogen) atoms. The first-order valence-corrected chi connectivity index (χ1v) is 10.7. The highest BCUT2D eigenvalue weighted by molar-refractivity contribution is 5.89. The van der Waals surface area contributed by atoms with Crippen LogP contribution in [0.1, 0.15) is 36.8 Å². The molecule has 1 aromatic carbocycles. The molecule has 0 aliphatic heterocycles. The Morgan fingerprint density at radius 2 is 1.91 bits per heavy atom. The van der Waals surface area contributed by atoms with Crippen molar-refractivity contribution in [3.05, 3.63) is 41.7 Å². The summed E-state index contributed by atoms with van der Waals surface area (Å²) in [5.74, 6) is 1.12. The van der Waals surface area contributed by atoms with Crippen LogP contribution < -0.4 is 20.7 Å². The largest absolute Gasteiger partial charge is 0.474 e. The van der Waals surface area contributed by atoms with E-state index in [1.54, 1.807) is 13.2 Å². The topological polar surface area (TPSA) is 97.4 Å². The van der Waals surface area contributed by atoms with Crippen molar-refractivity contribution in [3.8, 4) is 5.88 Å². The highest BCUT2D eigenvalue weighted by atomic mass is 19.4. The van der Waals surface area contributed by atoms with Gasteiger partial charge < -0.3 is 25.4 Å². The second-order valence-corrected chi connectivity index (χ2v) is 7.88. The number of benzene rings is 1. The first kappa shape index (κ1) is 24.6. The van der Waals surface area contributed by atoms with Gasteiger partial charge in [-0.05, 0) is 50.3 Å². The third-order valence-corrected chi connectivity index (χ3v) is 5.35. The van der Waals surface area contributed by atoms with Gasteiger partial charge >= 0.3 is 12.2 Å². The summed E-state index contributed by atoms with van der Waals surface area (Å²) in [6.07, 6.45) is -0.292. The van der Waals surface area contributed by atoms with E-state index in [9.17, 15) is 18.0 Å². The van der Waals surface area contributed by atoms with E-state index in [0.29, 0.717) is 50.5 Å². The van der Waals surface area contributed by atoms with Gasteiger partial charge in [0.1, 0.15) is 18.2 Å². The van der Waals surface area contributed by atoms with Gasteiger partial charge in [-0.2, -0.15) is 13.2 Å². The van der Waals surface area contributed by atoms with Crippen LogP contribution in [0.4, 0.5) is 29.5 Å². The molecular weight excluding hydrogens is 439 g/mol. The Morgan fingerprint density at radius 1 is 1.15 bits per heavy atom. The summed E-state index contributed by atoms with van der Waals surface area (Å²) < 4.78 is 50.1. The first-order valence-electron chi connectivity index (χ1n) is 10.7. The molecule has 1 aromatic heterocycles. The normalized spacial score (nSPS) is 18.5. The van der Waals surface area contributed by atoms with Crippen LogP contribution >= 0.6 is 0 Å². The lowest BCUT2D eigenvalue weighted by atomic mass is 9.93. The van der Waals surface area contributed by atoms with Gasteiger partial charge in [0.2, 0.25) is 5.88 Å². The molecule has 1 fully saturated rings. The van der Waals surface area contributed by atoms with E-state index < -0.39 is 17.8 Å². The smallest absolute Gasteiger partial charge is 0.416 e. The number of nitrogens with zero attached hydrogens (tertiary/aromatic N) is 2. The van der Waals surface area contributed by atoms with Crippen molar-refractivity contribution < 1.29 is 27.4 Å². The molecule has 1 heterocycles. The monoisotopic (exact) mass is 467 g/mol. The third-order valence-electron chi connectivity index (χ3n) is 5.35. The number of ether oxygens (including phenoxy) is 2. The van der Waals surface area contributed by atoms with E-state index in [0.717, 1.165) is 6.07 Å². The molecule has 0 saturated heterocycles. The minimum Gasteiger partial charge on any atom is -0.474 e. The highest BCUT2D eigenvalue weighted by Crippen LogP contribution is 2.33. The third kappa shape index (κ3) is 7.48. The number of aryl methyl sites for hydroxylation is 1. The molecule has 0 bridgehead atoms. The van der Waals surface area contributed by atoms with E-state index >= 15 is 0 Å². The van der Waals surface area contributed by atoms with Gasteiger partial charge in [-0.25, -0.2) is 14.8 Å². The number of urea groups is 1. The van der Waals surface area contributed by atoms with E-state index in [2.05, 4.69) is 25.9 Å². The fourth-order valence-corrected chi connectivity index (χ4v) is 3.64. The number of amides is 2. The van der Waals surface area contributed by atoms with Crippen molar-refractivity contribution in [2.24, 2.45) is 0 Å². The number of hydrogen-bond donors (Lipinski definition) is 3.